The Morgan fingerprint density at radius 1 is 1.14 bits per heavy atom. The maximum Gasteiger partial charge on any atom is 0.269 e. The summed E-state index contributed by atoms with van der Waals surface area (Å²) in [5.41, 5.74) is 6.14. The van der Waals surface area contributed by atoms with Crippen LogP contribution in [0.5, 0.6) is 0 Å². The molecule has 0 unspecified atom stereocenters. The molecule has 1 amide bonds. The summed E-state index contributed by atoms with van der Waals surface area (Å²) in [7, 11) is 0. The van der Waals surface area contributed by atoms with Crippen LogP contribution in [0.15, 0.2) is 36.7 Å². The Hall–Kier alpha value is -2.38. The van der Waals surface area contributed by atoms with Gasteiger partial charge in [0.25, 0.3) is 5.91 Å². The number of carbonyl (C=O) groups is 1. The van der Waals surface area contributed by atoms with E-state index >= 15 is 0 Å². The molecule has 0 aliphatic rings. The lowest BCUT2D eigenvalue weighted by molar-refractivity contribution is 0.0962. The molecule has 0 radical (unpaired) electrons. The number of rotatable bonds is 3. The van der Waals surface area contributed by atoms with Crippen molar-refractivity contribution in [2.75, 3.05) is 5.43 Å². The van der Waals surface area contributed by atoms with Crippen LogP contribution in [0.2, 0.25) is 10.0 Å². The minimum atomic E-state index is -0.384. The van der Waals surface area contributed by atoms with Crippen molar-refractivity contribution in [1.29, 1.82) is 0 Å². The molecule has 0 saturated carbocycles. The van der Waals surface area contributed by atoms with Gasteiger partial charge in [0, 0.05) is 15.6 Å². The van der Waals surface area contributed by atoms with Gasteiger partial charge in [-0.05, 0) is 30.3 Å². The van der Waals surface area contributed by atoms with Crippen LogP contribution in [-0.2, 0) is 0 Å². The van der Waals surface area contributed by atoms with E-state index in [9.17, 15) is 4.79 Å². The SMILES string of the molecule is O=C(NNc1ccc2nncn2n1)c1cc(Cl)cc(Cl)c1. The predicted octanol–water partition coefficient (Wildman–Crippen LogP) is 2.19. The number of nitrogens with one attached hydrogen (secondary N) is 2. The fourth-order valence-corrected chi connectivity index (χ4v) is 2.20. The second-order valence-corrected chi connectivity index (χ2v) is 4.96. The van der Waals surface area contributed by atoms with Crippen molar-refractivity contribution in [2.45, 2.75) is 0 Å². The van der Waals surface area contributed by atoms with Crippen molar-refractivity contribution in [2.24, 2.45) is 0 Å². The molecule has 0 saturated heterocycles. The van der Waals surface area contributed by atoms with E-state index < -0.39 is 0 Å². The van der Waals surface area contributed by atoms with Crippen molar-refractivity contribution in [3.63, 3.8) is 0 Å². The number of carbonyl (C=O) groups excluding carboxylic acids is 1. The van der Waals surface area contributed by atoms with E-state index in [2.05, 4.69) is 26.1 Å². The zero-order chi connectivity index (χ0) is 14.8. The smallest absolute Gasteiger partial charge is 0.269 e. The standard InChI is InChI=1S/C12H8Cl2N6O/c13-8-3-7(4-9(14)5-8)12(21)18-16-10-1-2-11-17-15-6-20(11)19-10/h1-6H,(H,16,19)(H,18,21). The number of hydrogen-bond donors (Lipinski definition) is 2. The zero-order valence-electron chi connectivity index (χ0n) is 10.4. The van der Waals surface area contributed by atoms with Crippen LogP contribution in [0.1, 0.15) is 10.4 Å². The molecule has 9 heteroatoms. The van der Waals surface area contributed by atoms with E-state index in [0.717, 1.165) is 0 Å². The first-order valence-electron chi connectivity index (χ1n) is 5.81. The summed E-state index contributed by atoms with van der Waals surface area (Å²) < 4.78 is 1.48. The van der Waals surface area contributed by atoms with Crippen molar-refractivity contribution in [1.82, 2.24) is 25.2 Å². The van der Waals surface area contributed by atoms with Crippen LogP contribution in [0.3, 0.4) is 0 Å². The quantitative estimate of drug-likeness (QED) is 0.722. The molecular weight excluding hydrogens is 315 g/mol. The molecule has 0 bridgehead atoms. The fourth-order valence-electron chi connectivity index (χ4n) is 1.67. The Kier molecular flexibility index (Phi) is 3.59. The highest BCUT2D eigenvalue weighted by atomic mass is 35.5. The molecule has 1 aromatic carbocycles. The lowest BCUT2D eigenvalue weighted by atomic mass is 10.2. The Labute approximate surface area is 128 Å². The highest BCUT2D eigenvalue weighted by molar-refractivity contribution is 6.35. The first-order valence-corrected chi connectivity index (χ1v) is 6.57. The summed E-state index contributed by atoms with van der Waals surface area (Å²) in [4.78, 5) is 12.0. The first-order chi connectivity index (χ1) is 10.1. The second kappa shape index (κ2) is 5.55. The van der Waals surface area contributed by atoms with Crippen molar-refractivity contribution >= 4 is 40.6 Å². The average Bonchev–Trinajstić information content (AvgIpc) is 2.91. The molecule has 106 valence electrons. The van der Waals surface area contributed by atoms with Crippen LogP contribution >= 0.6 is 23.2 Å². The van der Waals surface area contributed by atoms with Gasteiger partial charge in [-0.1, -0.05) is 23.2 Å². The lowest BCUT2D eigenvalue weighted by Crippen LogP contribution is -2.30. The van der Waals surface area contributed by atoms with Gasteiger partial charge in [-0.25, -0.2) is 0 Å². The Morgan fingerprint density at radius 2 is 1.90 bits per heavy atom. The second-order valence-electron chi connectivity index (χ2n) is 4.09. The molecule has 3 rings (SSSR count). The van der Waals surface area contributed by atoms with Gasteiger partial charge in [0.2, 0.25) is 0 Å². The molecule has 0 aliphatic carbocycles. The molecule has 3 aromatic rings. The van der Waals surface area contributed by atoms with Gasteiger partial charge in [-0.2, -0.15) is 4.52 Å². The Balaban J connectivity index is 1.72. The van der Waals surface area contributed by atoms with Crippen LogP contribution in [0.25, 0.3) is 5.65 Å². The van der Waals surface area contributed by atoms with E-state index in [-0.39, 0.29) is 5.91 Å². The van der Waals surface area contributed by atoms with Gasteiger partial charge in [0.15, 0.2) is 11.5 Å². The summed E-state index contributed by atoms with van der Waals surface area (Å²) >= 11 is 11.7. The summed E-state index contributed by atoms with van der Waals surface area (Å²) in [6, 6.07) is 7.95. The van der Waals surface area contributed by atoms with Crippen molar-refractivity contribution in [3.05, 3.63) is 52.3 Å². The summed E-state index contributed by atoms with van der Waals surface area (Å²) in [6.45, 7) is 0. The summed E-state index contributed by atoms with van der Waals surface area (Å²) in [6.07, 6.45) is 1.46. The van der Waals surface area contributed by atoms with Gasteiger partial charge < -0.3 is 0 Å². The van der Waals surface area contributed by atoms with E-state index in [1.807, 2.05) is 0 Å². The molecular formula is C12H8Cl2N6O. The molecule has 0 aliphatic heterocycles. The highest BCUT2D eigenvalue weighted by Gasteiger charge is 2.08. The Bertz CT molecular complexity index is 798. The molecule has 21 heavy (non-hydrogen) atoms. The highest BCUT2D eigenvalue weighted by Crippen LogP contribution is 2.18. The first kappa shape index (κ1) is 13.6. The third kappa shape index (κ3) is 3.04. The normalized spacial score (nSPS) is 10.6. The molecule has 7 nitrogen and oxygen atoms in total. The van der Waals surface area contributed by atoms with E-state index in [1.54, 1.807) is 18.2 Å². The van der Waals surface area contributed by atoms with E-state index in [0.29, 0.717) is 27.1 Å². The van der Waals surface area contributed by atoms with E-state index in [4.69, 9.17) is 23.2 Å². The number of fused-ring (bicyclic) bond motifs is 1. The number of benzene rings is 1. The topological polar surface area (TPSA) is 84.2 Å². The van der Waals surface area contributed by atoms with Crippen molar-refractivity contribution in [3.8, 4) is 0 Å². The molecule has 0 atom stereocenters. The van der Waals surface area contributed by atoms with Crippen molar-refractivity contribution < 1.29 is 4.79 Å². The third-order valence-corrected chi connectivity index (χ3v) is 3.03. The average molecular weight is 323 g/mol. The van der Waals surface area contributed by atoms with E-state index in [1.165, 1.54) is 23.0 Å². The number of amides is 1. The van der Waals surface area contributed by atoms with Gasteiger partial charge in [-0.15, -0.1) is 15.3 Å². The van der Waals surface area contributed by atoms with Crippen LogP contribution < -0.4 is 10.9 Å². The number of hydrogen-bond acceptors (Lipinski definition) is 5. The summed E-state index contributed by atoms with van der Waals surface area (Å²) in [5, 5.41) is 12.5. The van der Waals surface area contributed by atoms with Gasteiger partial charge in [0.1, 0.15) is 6.33 Å². The molecule has 2 aromatic heterocycles. The van der Waals surface area contributed by atoms with Gasteiger partial charge in [-0.3, -0.25) is 15.6 Å². The number of aromatic nitrogens is 4. The minimum absolute atomic E-state index is 0.338. The molecule has 2 heterocycles. The largest absolute Gasteiger partial charge is 0.280 e. The number of hydrazine groups is 1. The van der Waals surface area contributed by atoms with Gasteiger partial charge in [0.05, 0.1) is 0 Å². The molecule has 0 spiro atoms. The van der Waals surface area contributed by atoms with Crippen LogP contribution in [-0.4, -0.2) is 25.7 Å². The maximum absolute atomic E-state index is 12.0. The van der Waals surface area contributed by atoms with Gasteiger partial charge >= 0.3 is 0 Å². The Morgan fingerprint density at radius 3 is 2.67 bits per heavy atom. The monoisotopic (exact) mass is 322 g/mol. The fraction of sp³-hybridized carbons (Fsp3) is 0. The maximum atomic E-state index is 12.0. The zero-order valence-corrected chi connectivity index (χ0v) is 11.9. The third-order valence-electron chi connectivity index (χ3n) is 2.59. The molecule has 2 N–H and O–H groups in total. The van der Waals surface area contributed by atoms with Crippen LogP contribution in [0.4, 0.5) is 5.82 Å². The predicted molar refractivity (Wildman–Crippen MR) is 78.3 cm³/mol. The summed E-state index contributed by atoms with van der Waals surface area (Å²) in [5.74, 6) is 0.0498. The molecule has 0 fully saturated rings. The van der Waals surface area contributed by atoms with Crippen LogP contribution in [0, 0.1) is 0 Å². The minimum Gasteiger partial charge on any atom is -0.280 e. The number of anilines is 1. The number of halogens is 2. The number of nitrogens with zero attached hydrogens (tertiary/aromatic N) is 4. The lowest BCUT2D eigenvalue weighted by Gasteiger charge is -2.08.